The SMILES string of the molecule is CC(C)n1c(CCC(=O)O)c(-c2cc(C3CC3)on2)c2c(N)ncnc21. The Balaban J connectivity index is 1.97. The maximum absolute atomic E-state index is 11.2. The van der Waals surface area contributed by atoms with Crippen LogP contribution >= 0.6 is 0 Å². The summed E-state index contributed by atoms with van der Waals surface area (Å²) in [5.74, 6) is 0.808. The Morgan fingerprint density at radius 1 is 1.42 bits per heavy atom. The zero-order valence-corrected chi connectivity index (χ0v) is 14.8. The molecule has 1 aliphatic carbocycles. The van der Waals surface area contributed by atoms with Gasteiger partial charge in [0.15, 0.2) is 0 Å². The van der Waals surface area contributed by atoms with Crippen LogP contribution in [0, 0.1) is 0 Å². The van der Waals surface area contributed by atoms with Crippen molar-refractivity contribution >= 4 is 22.8 Å². The van der Waals surface area contributed by atoms with Gasteiger partial charge in [-0.15, -0.1) is 0 Å². The molecule has 0 saturated heterocycles. The van der Waals surface area contributed by atoms with Gasteiger partial charge < -0.3 is 19.9 Å². The van der Waals surface area contributed by atoms with Crippen molar-refractivity contribution in [2.24, 2.45) is 0 Å². The molecule has 0 bridgehead atoms. The largest absolute Gasteiger partial charge is 0.481 e. The van der Waals surface area contributed by atoms with Crippen molar-refractivity contribution in [3.05, 3.63) is 23.8 Å². The molecule has 1 fully saturated rings. The summed E-state index contributed by atoms with van der Waals surface area (Å²) in [4.78, 5) is 19.7. The number of nitrogens with zero attached hydrogens (tertiary/aromatic N) is 4. The van der Waals surface area contributed by atoms with Crippen LogP contribution in [-0.4, -0.2) is 30.8 Å². The lowest BCUT2D eigenvalue weighted by Crippen LogP contribution is -2.09. The van der Waals surface area contributed by atoms with Gasteiger partial charge in [-0.1, -0.05) is 5.16 Å². The van der Waals surface area contributed by atoms with E-state index in [4.69, 9.17) is 10.3 Å². The van der Waals surface area contributed by atoms with Crippen LogP contribution in [0.15, 0.2) is 16.9 Å². The number of anilines is 1. The molecule has 8 nitrogen and oxygen atoms in total. The lowest BCUT2D eigenvalue weighted by atomic mass is 10.0. The summed E-state index contributed by atoms with van der Waals surface area (Å²) >= 11 is 0. The third-order valence-electron chi connectivity index (χ3n) is 4.77. The van der Waals surface area contributed by atoms with E-state index in [0.717, 1.165) is 29.9 Å². The predicted molar refractivity (Wildman–Crippen MR) is 95.8 cm³/mol. The van der Waals surface area contributed by atoms with Gasteiger partial charge in [-0.2, -0.15) is 0 Å². The van der Waals surface area contributed by atoms with Gasteiger partial charge in [-0.3, -0.25) is 4.79 Å². The quantitative estimate of drug-likeness (QED) is 0.697. The summed E-state index contributed by atoms with van der Waals surface area (Å²) in [5, 5.41) is 14.1. The second-order valence-electron chi connectivity index (χ2n) is 7.03. The fraction of sp³-hybridized carbons (Fsp3) is 0.444. The van der Waals surface area contributed by atoms with Crippen molar-refractivity contribution in [3.8, 4) is 11.3 Å². The number of fused-ring (bicyclic) bond motifs is 1. The smallest absolute Gasteiger partial charge is 0.303 e. The number of carbonyl (C=O) groups is 1. The molecule has 1 saturated carbocycles. The Kier molecular flexibility index (Phi) is 3.90. The lowest BCUT2D eigenvalue weighted by Gasteiger charge is -2.14. The molecule has 0 atom stereocenters. The van der Waals surface area contributed by atoms with Gasteiger partial charge in [0, 0.05) is 29.3 Å². The van der Waals surface area contributed by atoms with Crippen LogP contribution in [0.5, 0.6) is 0 Å². The second kappa shape index (κ2) is 6.12. The summed E-state index contributed by atoms with van der Waals surface area (Å²) in [6.07, 6.45) is 4.01. The predicted octanol–water partition coefficient (Wildman–Crippen LogP) is 3.14. The topological polar surface area (TPSA) is 120 Å². The van der Waals surface area contributed by atoms with Gasteiger partial charge >= 0.3 is 5.97 Å². The first-order valence-electron chi connectivity index (χ1n) is 8.79. The van der Waals surface area contributed by atoms with Crippen molar-refractivity contribution in [2.75, 3.05) is 5.73 Å². The molecule has 3 aromatic rings. The van der Waals surface area contributed by atoms with Crippen LogP contribution in [-0.2, 0) is 11.2 Å². The third kappa shape index (κ3) is 2.71. The van der Waals surface area contributed by atoms with Gasteiger partial charge in [0.2, 0.25) is 0 Å². The number of carboxylic acid groups (broad SMARTS) is 1. The molecule has 26 heavy (non-hydrogen) atoms. The standard InChI is InChI=1S/C18H21N5O3/c1-9(2)23-12(5-6-14(24)25)15(16-17(19)20-8-21-18(16)23)11-7-13(26-22-11)10-3-4-10/h7-10H,3-6H2,1-2H3,(H,24,25)(H2,19,20,21). The Hall–Kier alpha value is -2.90. The van der Waals surface area contributed by atoms with Crippen LogP contribution in [0.2, 0.25) is 0 Å². The van der Waals surface area contributed by atoms with E-state index in [1.54, 1.807) is 0 Å². The van der Waals surface area contributed by atoms with E-state index in [1.165, 1.54) is 6.33 Å². The Bertz CT molecular complexity index is 984. The number of carboxylic acids is 1. The molecule has 1 aliphatic rings. The van der Waals surface area contributed by atoms with Gasteiger partial charge in [0.1, 0.15) is 29.2 Å². The Morgan fingerprint density at radius 2 is 2.19 bits per heavy atom. The van der Waals surface area contributed by atoms with Gasteiger partial charge in [-0.05, 0) is 33.1 Å². The van der Waals surface area contributed by atoms with Crippen LogP contribution in [0.3, 0.4) is 0 Å². The highest BCUT2D eigenvalue weighted by molar-refractivity contribution is 6.01. The van der Waals surface area contributed by atoms with Crippen molar-refractivity contribution in [2.45, 2.75) is 51.5 Å². The minimum atomic E-state index is -0.852. The van der Waals surface area contributed by atoms with Crippen molar-refractivity contribution < 1.29 is 14.4 Å². The zero-order chi connectivity index (χ0) is 18.4. The number of rotatable bonds is 6. The van der Waals surface area contributed by atoms with Crippen LogP contribution in [0.4, 0.5) is 5.82 Å². The fourth-order valence-corrected chi connectivity index (χ4v) is 3.47. The van der Waals surface area contributed by atoms with E-state index in [1.807, 2.05) is 24.5 Å². The first-order valence-corrected chi connectivity index (χ1v) is 8.79. The van der Waals surface area contributed by atoms with Gasteiger partial charge in [0.25, 0.3) is 0 Å². The molecule has 136 valence electrons. The summed E-state index contributed by atoms with van der Waals surface area (Å²) in [6.45, 7) is 4.06. The maximum atomic E-state index is 11.2. The third-order valence-corrected chi connectivity index (χ3v) is 4.77. The fourth-order valence-electron chi connectivity index (χ4n) is 3.47. The highest BCUT2D eigenvalue weighted by Crippen LogP contribution is 2.43. The Morgan fingerprint density at radius 3 is 2.85 bits per heavy atom. The van der Waals surface area contributed by atoms with Crippen molar-refractivity contribution in [1.29, 1.82) is 0 Å². The molecule has 8 heteroatoms. The molecule has 0 amide bonds. The average molecular weight is 355 g/mol. The molecule has 3 heterocycles. The molecule has 4 rings (SSSR count). The van der Waals surface area contributed by atoms with E-state index in [0.29, 0.717) is 34.9 Å². The number of hydrogen-bond acceptors (Lipinski definition) is 6. The average Bonchev–Trinajstić information content (AvgIpc) is 3.21. The number of hydrogen-bond donors (Lipinski definition) is 2. The first kappa shape index (κ1) is 16.6. The van der Waals surface area contributed by atoms with E-state index >= 15 is 0 Å². The van der Waals surface area contributed by atoms with Crippen LogP contribution < -0.4 is 5.73 Å². The number of nitrogens with two attached hydrogens (primary N) is 1. The molecule has 3 N–H and O–H groups in total. The van der Waals surface area contributed by atoms with Crippen LogP contribution in [0.1, 0.15) is 56.5 Å². The van der Waals surface area contributed by atoms with Gasteiger partial charge in [0.05, 0.1) is 11.8 Å². The van der Waals surface area contributed by atoms with Gasteiger partial charge in [-0.25, -0.2) is 9.97 Å². The minimum Gasteiger partial charge on any atom is -0.481 e. The number of nitrogen functional groups attached to an aromatic ring is 1. The van der Waals surface area contributed by atoms with E-state index in [9.17, 15) is 9.90 Å². The Labute approximate surface area is 150 Å². The molecule has 0 aromatic carbocycles. The molecular weight excluding hydrogens is 334 g/mol. The summed E-state index contributed by atoms with van der Waals surface area (Å²) < 4.78 is 7.55. The maximum Gasteiger partial charge on any atom is 0.303 e. The number of aromatic nitrogens is 4. The summed E-state index contributed by atoms with van der Waals surface area (Å²) in [5.41, 5.74) is 9.16. The normalized spacial score (nSPS) is 14.4. The van der Waals surface area contributed by atoms with E-state index < -0.39 is 5.97 Å². The van der Waals surface area contributed by atoms with Crippen molar-refractivity contribution in [3.63, 3.8) is 0 Å². The highest BCUT2D eigenvalue weighted by atomic mass is 16.5. The molecular formula is C18H21N5O3. The molecule has 0 aliphatic heterocycles. The monoisotopic (exact) mass is 355 g/mol. The molecule has 0 unspecified atom stereocenters. The van der Waals surface area contributed by atoms with E-state index in [-0.39, 0.29) is 12.5 Å². The molecule has 0 spiro atoms. The highest BCUT2D eigenvalue weighted by Gasteiger charge is 2.30. The summed E-state index contributed by atoms with van der Waals surface area (Å²) in [6, 6.07) is 2.02. The second-order valence-corrected chi connectivity index (χ2v) is 7.03. The minimum absolute atomic E-state index is 0.0106. The summed E-state index contributed by atoms with van der Waals surface area (Å²) in [7, 11) is 0. The van der Waals surface area contributed by atoms with Crippen LogP contribution in [0.25, 0.3) is 22.3 Å². The van der Waals surface area contributed by atoms with E-state index in [2.05, 4.69) is 15.1 Å². The first-order chi connectivity index (χ1) is 12.5. The van der Waals surface area contributed by atoms with Crippen molar-refractivity contribution in [1.82, 2.24) is 19.7 Å². The molecule has 3 aromatic heterocycles. The number of aliphatic carboxylic acids is 1. The lowest BCUT2D eigenvalue weighted by molar-refractivity contribution is -0.136. The zero-order valence-electron chi connectivity index (χ0n) is 14.8. The molecule has 0 radical (unpaired) electrons.